The molecule has 34 heavy (non-hydrogen) atoms. The fourth-order valence-corrected chi connectivity index (χ4v) is 5.07. The van der Waals surface area contributed by atoms with E-state index in [4.69, 9.17) is 19.2 Å². The fourth-order valence-electron chi connectivity index (χ4n) is 4.31. The first-order valence-corrected chi connectivity index (χ1v) is 12.7. The predicted molar refractivity (Wildman–Crippen MR) is 126 cm³/mol. The van der Waals surface area contributed by atoms with Gasteiger partial charge in [-0.05, 0) is 57.4 Å². The second kappa shape index (κ2) is 9.84. The van der Waals surface area contributed by atoms with Crippen LogP contribution in [0.1, 0.15) is 46.1 Å². The molecule has 0 unspecified atom stereocenters. The molecule has 2 N–H and O–H groups in total. The Bertz CT molecular complexity index is 1030. The van der Waals surface area contributed by atoms with Crippen molar-refractivity contribution in [2.75, 3.05) is 13.1 Å². The summed E-state index contributed by atoms with van der Waals surface area (Å²) >= 11 is 0. The molecule has 2 aliphatic heterocycles. The maximum Gasteiger partial charge on any atom is 0.457 e. The second-order valence-corrected chi connectivity index (χ2v) is 11.4. The fraction of sp³-hybridized carbons (Fsp3) is 0.667. The van der Waals surface area contributed by atoms with E-state index >= 15 is 0 Å². The highest BCUT2D eigenvalue weighted by Gasteiger charge is 2.55. The van der Waals surface area contributed by atoms with Crippen LogP contribution in [0.4, 0.5) is 0 Å². The van der Waals surface area contributed by atoms with Crippen molar-refractivity contribution in [2.45, 2.75) is 70.2 Å². The Morgan fingerprint density at radius 2 is 1.88 bits per heavy atom. The minimum Gasteiger partial charge on any atom is -0.460 e. The van der Waals surface area contributed by atoms with Gasteiger partial charge in [-0.3, -0.25) is 4.79 Å². The minimum absolute atomic E-state index is 0.0294. The van der Waals surface area contributed by atoms with Crippen molar-refractivity contribution >= 4 is 23.3 Å². The van der Waals surface area contributed by atoms with Crippen molar-refractivity contribution in [1.29, 1.82) is 0 Å². The van der Waals surface area contributed by atoms with Crippen LogP contribution in [-0.2, 0) is 35.7 Å². The molecule has 0 spiro atoms. The van der Waals surface area contributed by atoms with E-state index in [1.807, 2.05) is 45.9 Å². The molecule has 11 nitrogen and oxygen atoms in total. The van der Waals surface area contributed by atoms with Gasteiger partial charge in [0.05, 0.1) is 11.2 Å². The monoisotopic (exact) mass is 493 g/mol. The van der Waals surface area contributed by atoms with E-state index in [0.29, 0.717) is 19.2 Å². The topological polar surface area (TPSA) is 157 Å². The lowest BCUT2D eigenvalue weighted by molar-refractivity contribution is -0.152. The SMILES string of the molecule is CC1(C)OB(CCC[C@H]2CN(S(N)(=O)=O)C[C@@]2(N=[N+]=[N-])C(=O)OCc2ccccc2)OC1(C)C. The molecule has 0 saturated carbocycles. The third-order valence-corrected chi connectivity index (χ3v) is 7.96. The number of benzene rings is 1. The summed E-state index contributed by atoms with van der Waals surface area (Å²) < 4.78 is 42.6. The maximum absolute atomic E-state index is 13.2. The molecule has 2 heterocycles. The van der Waals surface area contributed by atoms with Gasteiger partial charge in [0.15, 0.2) is 5.54 Å². The van der Waals surface area contributed by atoms with Gasteiger partial charge in [0.2, 0.25) is 0 Å². The van der Waals surface area contributed by atoms with Gasteiger partial charge in [-0.25, -0.2) is 5.14 Å². The first-order valence-electron chi connectivity index (χ1n) is 11.2. The largest absolute Gasteiger partial charge is 0.460 e. The van der Waals surface area contributed by atoms with E-state index in [0.717, 1.165) is 9.87 Å². The number of hydrogen-bond acceptors (Lipinski definition) is 7. The number of azide groups is 1. The second-order valence-electron chi connectivity index (χ2n) is 9.83. The molecule has 0 bridgehead atoms. The van der Waals surface area contributed by atoms with E-state index in [2.05, 4.69) is 10.0 Å². The molecular formula is C21H32BN5O6S. The van der Waals surface area contributed by atoms with Crippen LogP contribution in [0.15, 0.2) is 35.4 Å². The highest BCUT2D eigenvalue weighted by Crippen LogP contribution is 2.40. The lowest BCUT2D eigenvalue weighted by atomic mass is 9.78. The lowest BCUT2D eigenvalue weighted by Gasteiger charge is -2.32. The van der Waals surface area contributed by atoms with E-state index in [1.54, 1.807) is 12.1 Å². The number of esters is 1. The summed E-state index contributed by atoms with van der Waals surface area (Å²) in [5.41, 5.74) is 7.36. The Morgan fingerprint density at radius 1 is 1.26 bits per heavy atom. The average molecular weight is 493 g/mol. The number of nitrogens with two attached hydrogens (primary N) is 1. The predicted octanol–water partition coefficient (Wildman–Crippen LogP) is 2.79. The van der Waals surface area contributed by atoms with Crippen molar-refractivity contribution in [3.8, 4) is 0 Å². The van der Waals surface area contributed by atoms with Crippen molar-refractivity contribution in [2.24, 2.45) is 16.2 Å². The van der Waals surface area contributed by atoms with Crippen LogP contribution in [0.25, 0.3) is 10.4 Å². The average Bonchev–Trinajstić information content (AvgIpc) is 3.21. The zero-order valence-corrected chi connectivity index (χ0v) is 20.8. The number of carbonyl (C=O) groups is 1. The zero-order valence-electron chi connectivity index (χ0n) is 20.0. The van der Waals surface area contributed by atoms with Crippen LogP contribution in [0.3, 0.4) is 0 Å². The van der Waals surface area contributed by atoms with E-state index < -0.39 is 46.0 Å². The lowest BCUT2D eigenvalue weighted by Crippen LogP contribution is -2.46. The van der Waals surface area contributed by atoms with Crippen molar-refractivity contribution in [3.05, 3.63) is 46.3 Å². The molecule has 0 aromatic heterocycles. The number of nitrogens with zero attached hydrogens (tertiary/aromatic N) is 4. The van der Waals surface area contributed by atoms with Crippen LogP contribution < -0.4 is 5.14 Å². The van der Waals surface area contributed by atoms with Crippen molar-refractivity contribution in [3.63, 3.8) is 0 Å². The van der Waals surface area contributed by atoms with Crippen LogP contribution in [0.5, 0.6) is 0 Å². The van der Waals surface area contributed by atoms with Gasteiger partial charge in [0, 0.05) is 18.0 Å². The summed E-state index contributed by atoms with van der Waals surface area (Å²) in [6.45, 7) is 7.39. The number of carbonyl (C=O) groups excluding carboxylic acids is 1. The Labute approximate surface area is 200 Å². The van der Waals surface area contributed by atoms with Crippen molar-refractivity contribution < 1.29 is 27.3 Å². The summed E-state index contributed by atoms with van der Waals surface area (Å²) in [6.07, 6.45) is 1.47. The minimum atomic E-state index is -4.10. The Balaban J connectivity index is 1.75. The molecule has 1 aromatic rings. The van der Waals surface area contributed by atoms with Gasteiger partial charge in [0.1, 0.15) is 6.61 Å². The van der Waals surface area contributed by atoms with Gasteiger partial charge in [0.25, 0.3) is 10.2 Å². The molecule has 2 atom stereocenters. The molecule has 1 aromatic carbocycles. The molecule has 2 saturated heterocycles. The summed E-state index contributed by atoms with van der Waals surface area (Å²) in [5, 5.41) is 9.14. The Morgan fingerprint density at radius 3 is 2.44 bits per heavy atom. The molecule has 0 aliphatic carbocycles. The van der Waals surface area contributed by atoms with Crippen LogP contribution in [-0.4, -0.2) is 55.6 Å². The zero-order chi connectivity index (χ0) is 25.2. The Hall–Kier alpha value is -2.15. The van der Waals surface area contributed by atoms with Gasteiger partial charge in [-0.15, -0.1) is 0 Å². The summed E-state index contributed by atoms with van der Waals surface area (Å²) in [6, 6.07) is 9.04. The first-order chi connectivity index (χ1) is 15.8. The maximum atomic E-state index is 13.2. The van der Waals surface area contributed by atoms with Crippen molar-refractivity contribution in [1.82, 2.24) is 4.31 Å². The van der Waals surface area contributed by atoms with Crippen LogP contribution >= 0.6 is 0 Å². The normalized spacial score (nSPS) is 26.3. The molecule has 0 radical (unpaired) electrons. The molecule has 3 rings (SSSR count). The van der Waals surface area contributed by atoms with Gasteiger partial charge >= 0.3 is 13.1 Å². The highest BCUT2D eigenvalue weighted by molar-refractivity contribution is 7.86. The third-order valence-electron chi connectivity index (χ3n) is 6.96. The molecular weight excluding hydrogens is 461 g/mol. The molecule has 13 heteroatoms. The van der Waals surface area contributed by atoms with Gasteiger partial charge in [-0.2, -0.15) is 12.7 Å². The summed E-state index contributed by atoms with van der Waals surface area (Å²) in [5.74, 6) is -1.40. The van der Waals surface area contributed by atoms with E-state index in [1.165, 1.54) is 0 Å². The van der Waals surface area contributed by atoms with E-state index in [-0.39, 0.29) is 19.7 Å². The number of hydrogen-bond donors (Lipinski definition) is 1. The summed E-state index contributed by atoms with van der Waals surface area (Å²) in [7, 11) is -4.53. The standard InChI is InChI=1S/C21H32BN5O6S/c1-19(2)20(3,4)33-22(32-19)12-8-11-17-13-27(34(24,29)30)15-21(17,25-26-23)18(28)31-14-16-9-6-5-7-10-16/h5-7,9-10,17H,8,11-15H2,1-4H3,(H2,24,29,30)/t17-,21-/m0/s1. The summed E-state index contributed by atoms with van der Waals surface area (Å²) in [4.78, 5) is 16.1. The molecule has 0 amide bonds. The molecule has 2 aliphatic rings. The first kappa shape index (κ1) is 26.5. The third kappa shape index (κ3) is 5.56. The number of ether oxygens (including phenoxy) is 1. The quantitative estimate of drug-likeness (QED) is 0.183. The molecule has 186 valence electrons. The van der Waals surface area contributed by atoms with Crippen LogP contribution in [0, 0.1) is 5.92 Å². The van der Waals surface area contributed by atoms with Crippen LogP contribution in [0.2, 0.25) is 6.32 Å². The van der Waals surface area contributed by atoms with Gasteiger partial charge in [-0.1, -0.05) is 41.9 Å². The highest BCUT2D eigenvalue weighted by atomic mass is 32.2. The Kier molecular flexibility index (Phi) is 7.66. The van der Waals surface area contributed by atoms with Gasteiger partial charge < -0.3 is 14.0 Å². The smallest absolute Gasteiger partial charge is 0.457 e. The number of rotatable bonds is 9. The molecule has 2 fully saturated rings. The van der Waals surface area contributed by atoms with E-state index in [9.17, 15) is 18.7 Å².